The minimum absolute atomic E-state index is 0.152. The summed E-state index contributed by atoms with van der Waals surface area (Å²) >= 11 is 0. The average Bonchev–Trinajstić information content (AvgIpc) is 2.12. The molecule has 2 nitrogen and oxygen atoms in total. The van der Waals surface area contributed by atoms with Crippen molar-refractivity contribution in [2.45, 2.75) is 51.0 Å². The number of nitrogens with two attached hydrogens (primary N) is 1. The van der Waals surface area contributed by atoms with Gasteiger partial charge in [0.25, 0.3) is 0 Å². The van der Waals surface area contributed by atoms with E-state index < -0.39 is 5.54 Å². The molecular formula is C15H21NO. The topological polar surface area (TPSA) is 43.1 Å². The third kappa shape index (κ3) is 3.16. The second kappa shape index (κ2) is 4.61. The van der Waals surface area contributed by atoms with E-state index in [-0.39, 0.29) is 5.78 Å². The van der Waals surface area contributed by atoms with E-state index in [1.807, 2.05) is 26.0 Å². The van der Waals surface area contributed by atoms with Crippen molar-refractivity contribution < 1.29 is 4.79 Å². The smallest absolute Gasteiger partial charge is 0.164 e. The van der Waals surface area contributed by atoms with E-state index >= 15 is 0 Å². The molecule has 2 heteroatoms. The number of benzene rings is 1. The van der Waals surface area contributed by atoms with E-state index in [1.165, 1.54) is 24.8 Å². The number of hydrogen-bond acceptors (Lipinski definition) is 2. The van der Waals surface area contributed by atoms with Crippen LogP contribution in [-0.4, -0.2) is 11.3 Å². The standard InChI is InChI=1S/C15H21NO/c1-15(2,16)10-14(17)13-8-4-7-12(9-13)11-5-3-6-11/h4,7-9,11H,3,5-6,10,16H2,1-2H3. The predicted octanol–water partition coefficient (Wildman–Crippen LogP) is 3.26. The molecule has 92 valence electrons. The molecule has 0 atom stereocenters. The Morgan fingerprint density at radius 2 is 2.12 bits per heavy atom. The molecule has 0 amide bonds. The number of carbonyl (C=O) groups is 1. The van der Waals surface area contributed by atoms with Gasteiger partial charge in [-0.3, -0.25) is 4.79 Å². The van der Waals surface area contributed by atoms with Crippen molar-refractivity contribution >= 4 is 5.78 Å². The minimum atomic E-state index is -0.427. The molecule has 1 fully saturated rings. The van der Waals surface area contributed by atoms with E-state index in [0.717, 1.165) is 5.56 Å². The van der Waals surface area contributed by atoms with Gasteiger partial charge in [-0.1, -0.05) is 24.6 Å². The molecule has 2 rings (SSSR count). The normalized spacial score (nSPS) is 16.6. The lowest BCUT2D eigenvalue weighted by Gasteiger charge is -2.26. The summed E-state index contributed by atoms with van der Waals surface area (Å²) < 4.78 is 0. The van der Waals surface area contributed by atoms with Crippen LogP contribution in [0.2, 0.25) is 0 Å². The fourth-order valence-electron chi connectivity index (χ4n) is 2.22. The van der Waals surface area contributed by atoms with Gasteiger partial charge in [0.1, 0.15) is 0 Å². The Hall–Kier alpha value is -1.15. The molecule has 1 aliphatic rings. The fraction of sp³-hybridized carbons (Fsp3) is 0.533. The third-order valence-corrected chi connectivity index (χ3v) is 3.40. The van der Waals surface area contributed by atoms with Crippen molar-refractivity contribution in [3.8, 4) is 0 Å². The van der Waals surface area contributed by atoms with Crippen LogP contribution in [0.5, 0.6) is 0 Å². The first kappa shape index (κ1) is 12.3. The first-order chi connectivity index (χ1) is 7.96. The van der Waals surface area contributed by atoms with Gasteiger partial charge < -0.3 is 5.73 Å². The largest absolute Gasteiger partial charge is 0.325 e. The van der Waals surface area contributed by atoms with Crippen molar-refractivity contribution in [1.82, 2.24) is 0 Å². The lowest BCUT2D eigenvalue weighted by molar-refractivity contribution is 0.0960. The van der Waals surface area contributed by atoms with Crippen LogP contribution in [0.25, 0.3) is 0 Å². The van der Waals surface area contributed by atoms with Crippen molar-refractivity contribution in [2.75, 3.05) is 0 Å². The highest BCUT2D eigenvalue weighted by molar-refractivity contribution is 5.96. The van der Waals surface area contributed by atoms with Crippen molar-refractivity contribution in [2.24, 2.45) is 5.73 Å². The van der Waals surface area contributed by atoms with Gasteiger partial charge in [-0.05, 0) is 44.2 Å². The molecule has 2 N–H and O–H groups in total. The summed E-state index contributed by atoms with van der Waals surface area (Å²) in [4.78, 5) is 12.1. The Bertz CT molecular complexity index is 413. The molecule has 0 radical (unpaired) electrons. The van der Waals surface area contributed by atoms with E-state index in [9.17, 15) is 4.79 Å². The average molecular weight is 231 g/mol. The van der Waals surface area contributed by atoms with Crippen LogP contribution >= 0.6 is 0 Å². The molecule has 1 saturated carbocycles. The molecule has 0 heterocycles. The van der Waals surface area contributed by atoms with Crippen molar-refractivity contribution in [1.29, 1.82) is 0 Å². The Morgan fingerprint density at radius 1 is 1.41 bits per heavy atom. The van der Waals surface area contributed by atoms with Gasteiger partial charge >= 0.3 is 0 Å². The summed E-state index contributed by atoms with van der Waals surface area (Å²) in [5.41, 5.74) is 7.59. The number of carbonyl (C=O) groups excluding carboxylic acids is 1. The van der Waals surface area contributed by atoms with Crippen LogP contribution in [0.3, 0.4) is 0 Å². The van der Waals surface area contributed by atoms with Gasteiger partial charge in [0.05, 0.1) is 0 Å². The van der Waals surface area contributed by atoms with Crippen LogP contribution in [-0.2, 0) is 0 Å². The number of rotatable bonds is 4. The molecule has 0 aliphatic heterocycles. The first-order valence-corrected chi connectivity index (χ1v) is 6.38. The molecule has 0 unspecified atom stereocenters. The monoisotopic (exact) mass is 231 g/mol. The van der Waals surface area contributed by atoms with E-state index in [4.69, 9.17) is 5.73 Å². The van der Waals surface area contributed by atoms with Gasteiger partial charge in [-0.2, -0.15) is 0 Å². The highest BCUT2D eigenvalue weighted by atomic mass is 16.1. The quantitative estimate of drug-likeness (QED) is 0.808. The van der Waals surface area contributed by atoms with Crippen LogP contribution in [0.1, 0.15) is 61.4 Å². The van der Waals surface area contributed by atoms with Gasteiger partial charge in [-0.15, -0.1) is 0 Å². The minimum Gasteiger partial charge on any atom is -0.325 e. The molecular weight excluding hydrogens is 210 g/mol. The molecule has 1 aliphatic carbocycles. The second-order valence-corrected chi connectivity index (χ2v) is 5.84. The highest BCUT2D eigenvalue weighted by Crippen LogP contribution is 2.36. The maximum absolute atomic E-state index is 12.1. The number of Topliss-reactive ketones (excluding diaryl/α,β-unsaturated/α-hetero) is 1. The van der Waals surface area contributed by atoms with Crippen LogP contribution < -0.4 is 5.73 Å². The summed E-state index contributed by atoms with van der Waals surface area (Å²) in [6.07, 6.45) is 4.25. The Morgan fingerprint density at radius 3 is 2.65 bits per heavy atom. The van der Waals surface area contributed by atoms with Crippen molar-refractivity contribution in [3.63, 3.8) is 0 Å². The molecule has 17 heavy (non-hydrogen) atoms. The van der Waals surface area contributed by atoms with Gasteiger partial charge in [0.15, 0.2) is 5.78 Å². The van der Waals surface area contributed by atoms with Gasteiger partial charge in [0.2, 0.25) is 0 Å². The van der Waals surface area contributed by atoms with Crippen LogP contribution in [0.15, 0.2) is 24.3 Å². The zero-order valence-electron chi connectivity index (χ0n) is 10.7. The van der Waals surface area contributed by atoms with E-state index in [1.54, 1.807) is 0 Å². The second-order valence-electron chi connectivity index (χ2n) is 5.84. The maximum Gasteiger partial charge on any atom is 0.164 e. The first-order valence-electron chi connectivity index (χ1n) is 6.38. The van der Waals surface area contributed by atoms with Crippen LogP contribution in [0, 0.1) is 0 Å². The fourth-order valence-corrected chi connectivity index (χ4v) is 2.22. The molecule has 0 spiro atoms. The summed E-state index contributed by atoms with van der Waals surface area (Å²) in [6, 6.07) is 8.08. The number of hydrogen-bond donors (Lipinski definition) is 1. The summed E-state index contributed by atoms with van der Waals surface area (Å²) in [5.74, 6) is 0.826. The molecule has 1 aromatic carbocycles. The molecule has 0 bridgehead atoms. The number of ketones is 1. The van der Waals surface area contributed by atoms with E-state index in [2.05, 4.69) is 12.1 Å². The summed E-state index contributed by atoms with van der Waals surface area (Å²) in [5, 5.41) is 0. The van der Waals surface area contributed by atoms with Gasteiger partial charge in [-0.25, -0.2) is 0 Å². The van der Waals surface area contributed by atoms with Gasteiger partial charge in [0, 0.05) is 17.5 Å². The lowest BCUT2D eigenvalue weighted by atomic mass is 9.79. The predicted molar refractivity (Wildman–Crippen MR) is 70.2 cm³/mol. The molecule has 1 aromatic rings. The Balaban J connectivity index is 2.12. The third-order valence-electron chi connectivity index (χ3n) is 3.40. The maximum atomic E-state index is 12.1. The van der Waals surface area contributed by atoms with Crippen molar-refractivity contribution in [3.05, 3.63) is 35.4 Å². The summed E-state index contributed by atoms with van der Waals surface area (Å²) in [7, 11) is 0. The lowest BCUT2D eigenvalue weighted by Crippen LogP contribution is -2.34. The Labute approximate surface area is 103 Å². The summed E-state index contributed by atoms with van der Waals surface area (Å²) in [6.45, 7) is 3.78. The molecule has 0 aromatic heterocycles. The SMILES string of the molecule is CC(C)(N)CC(=O)c1cccc(C2CCC2)c1. The van der Waals surface area contributed by atoms with E-state index in [0.29, 0.717) is 12.3 Å². The zero-order chi connectivity index (χ0) is 12.5. The Kier molecular flexibility index (Phi) is 3.34. The molecule has 0 saturated heterocycles. The zero-order valence-corrected chi connectivity index (χ0v) is 10.7. The van der Waals surface area contributed by atoms with Crippen LogP contribution in [0.4, 0.5) is 0 Å². The highest BCUT2D eigenvalue weighted by Gasteiger charge is 2.21.